The van der Waals surface area contributed by atoms with Crippen molar-refractivity contribution >= 4 is 94.9 Å². The van der Waals surface area contributed by atoms with Crippen molar-refractivity contribution < 1.29 is 0 Å². The van der Waals surface area contributed by atoms with Gasteiger partial charge in [-0.25, -0.2) is 0 Å². The third kappa shape index (κ3) is 12.8. The van der Waals surface area contributed by atoms with Crippen molar-refractivity contribution in [3.63, 3.8) is 0 Å². The van der Waals surface area contributed by atoms with E-state index in [-0.39, 0.29) is 10.5 Å². The summed E-state index contributed by atoms with van der Waals surface area (Å²) in [7, 11) is 0. The number of hydrogen-bond acceptors (Lipinski definition) is 9. The molecule has 0 aliphatic carbocycles. The van der Waals surface area contributed by atoms with Crippen molar-refractivity contribution in [3.8, 4) is 0 Å². The topological polar surface area (TPSA) is 37.7 Å². The quantitative estimate of drug-likeness (QED) is 0.0453. The number of hydrogen-bond donors (Lipinski definition) is 2. The van der Waals surface area contributed by atoms with Crippen molar-refractivity contribution in [2.75, 3.05) is 44.4 Å². The van der Waals surface area contributed by atoms with E-state index in [1.807, 2.05) is 94.9 Å². The van der Waals surface area contributed by atoms with Gasteiger partial charge in [0.1, 0.15) is 0 Å². The van der Waals surface area contributed by atoms with E-state index >= 15 is 0 Å². The molecule has 2 atom stereocenters. The average Bonchev–Trinajstić information content (AvgIpc) is 3.37. The van der Waals surface area contributed by atoms with Crippen LogP contribution >= 0.6 is 37.0 Å². The summed E-state index contributed by atoms with van der Waals surface area (Å²) in [5.41, 5.74) is 10.6. The molecular formula is C56H52N6S3. The van der Waals surface area contributed by atoms with Gasteiger partial charge in [0, 0.05) is 56.1 Å². The molecule has 0 amide bonds. The number of para-hydroxylation sites is 6. The van der Waals surface area contributed by atoms with E-state index in [9.17, 15) is 0 Å². The van der Waals surface area contributed by atoms with Crippen LogP contribution in [0.3, 0.4) is 0 Å². The second-order valence-electron chi connectivity index (χ2n) is 15.4. The molecule has 8 aromatic carbocycles. The predicted molar refractivity (Wildman–Crippen MR) is 288 cm³/mol. The first kappa shape index (κ1) is 44.9. The van der Waals surface area contributed by atoms with E-state index in [1.54, 1.807) is 0 Å². The van der Waals surface area contributed by atoms with Gasteiger partial charge in [0.2, 0.25) is 0 Å². The number of hydrazone groups is 2. The fraction of sp³-hybridized carbons (Fsp3) is 0.107. The summed E-state index contributed by atoms with van der Waals surface area (Å²) in [5, 5.41) is 14.2. The fourth-order valence-corrected chi connectivity index (χ4v) is 9.21. The lowest BCUT2D eigenvalue weighted by atomic mass is 10.1. The lowest BCUT2D eigenvalue weighted by Crippen LogP contribution is -2.29. The molecule has 2 unspecified atom stereocenters. The third-order valence-corrected chi connectivity index (χ3v) is 13.0. The lowest BCUT2D eigenvalue weighted by molar-refractivity contribution is 0.822. The Labute approximate surface area is 399 Å². The predicted octanol–water partition coefficient (Wildman–Crippen LogP) is 14.3. The molecule has 0 aromatic heterocycles. The van der Waals surface area contributed by atoms with Crippen LogP contribution < -0.4 is 19.8 Å². The number of anilines is 8. The van der Waals surface area contributed by atoms with Crippen LogP contribution in [0.1, 0.15) is 11.1 Å². The van der Waals surface area contributed by atoms with Crippen molar-refractivity contribution in [3.05, 3.63) is 242 Å². The van der Waals surface area contributed by atoms with Gasteiger partial charge in [-0.1, -0.05) is 133 Å². The molecule has 0 saturated heterocycles. The van der Waals surface area contributed by atoms with Gasteiger partial charge in [-0.3, -0.25) is 10.0 Å². The molecular weight excluding hydrogens is 853 g/mol. The molecule has 0 spiro atoms. The minimum absolute atomic E-state index is 0.0662. The highest BCUT2D eigenvalue weighted by atomic mass is 32.2. The number of thiol groups is 2. The molecule has 0 saturated carbocycles. The van der Waals surface area contributed by atoms with E-state index in [0.717, 1.165) is 68.1 Å². The Morgan fingerprint density at radius 3 is 0.862 bits per heavy atom. The van der Waals surface area contributed by atoms with Crippen molar-refractivity contribution in [1.82, 2.24) is 0 Å². The molecule has 0 radical (unpaired) electrons. The Balaban J connectivity index is 0.885. The van der Waals surface area contributed by atoms with Gasteiger partial charge in [0.05, 0.1) is 36.9 Å². The first-order valence-electron chi connectivity index (χ1n) is 21.7. The van der Waals surface area contributed by atoms with E-state index in [1.165, 1.54) is 0 Å². The molecule has 324 valence electrons. The van der Waals surface area contributed by atoms with Gasteiger partial charge in [-0.15, -0.1) is 0 Å². The fourth-order valence-electron chi connectivity index (χ4n) is 7.38. The van der Waals surface area contributed by atoms with Crippen LogP contribution in [0.5, 0.6) is 0 Å². The van der Waals surface area contributed by atoms with Gasteiger partial charge in [-0.05, 0) is 108 Å². The average molecular weight is 905 g/mol. The second-order valence-corrected chi connectivity index (χ2v) is 17.9. The third-order valence-electron chi connectivity index (χ3n) is 10.5. The number of rotatable bonds is 20. The zero-order valence-electron chi connectivity index (χ0n) is 36.1. The minimum atomic E-state index is 0.0662. The highest BCUT2D eigenvalue weighted by molar-refractivity contribution is 8.00. The SMILES string of the molecule is SC(CSCC(S)CN(N=Cc1ccc(N(c2ccccc2)c2ccccc2)cc1)c1ccccc1)CN(N=Cc1ccc(N(c2ccccc2)c2ccccc2)cc1)c1ccccc1. The maximum Gasteiger partial charge on any atom is 0.0594 e. The molecule has 9 heteroatoms. The summed E-state index contributed by atoms with van der Waals surface area (Å²) in [4.78, 5) is 4.52. The Bertz CT molecular complexity index is 2390. The molecule has 8 aromatic rings. The minimum Gasteiger partial charge on any atom is -0.311 e. The van der Waals surface area contributed by atoms with Crippen LogP contribution in [-0.4, -0.2) is 47.5 Å². The van der Waals surface area contributed by atoms with E-state index in [4.69, 9.17) is 35.5 Å². The standard InChI is InChI=1S/C56H52N6S3/c63-55(41-59(47-19-7-1-8-20-47)57-39-45-31-35-53(36-32-45)61(49-23-11-3-12-24-49)50-25-13-4-14-26-50)43-65-44-56(64)42-60(48-21-9-2-10-22-48)58-40-46-33-37-54(38-34-46)62(51-27-15-5-16-28-51)52-29-17-6-18-30-52/h1-40,55-56,63-64H,41-44H2. The van der Waals surface area contributed by atoms with Crippen LogP contribution in [0, 0.1) is 0 Å². The zero-order valence-corrected chi connectivity index (χ0v) is 38.7. The van der Waals surface area contributed by atoms with Gasteiger partial charge in [-0.2, -0.15) is 47.2 Å². The summed E-state index contributed by atoms with van der Waals surface area (Å²) < 4.78 is 0. The van der Waals surface area contributed by atoms with Gasteiger partial charge < -0.3 is 9.80 Å². The second kappa shape index (κ2) is 23.3. The molecule has 0 aliphatic rings. The van der Waals surface area contributed by atoms with Crippen LogP contribution in [0.15, 0.2) is 241 Å². The highest BCUT2D eigenvalue weighted by Gasteiger charge is 2.17. The van der Waals surface area contributed by atoms with Gasteiger partial charge >= 0.3 is 0 Å². The first-order valence-corrected chi connectivity index (χ1v) is 23.9. The zero-order chi connectivity index (χ0) is 44.5. The molecule has 0 heterocycles. The molecule has 0 fully saturated rings. The number of benzene rings is 8. The van der Waals surface area contributed by atoms with Crippen LogP contribution in [0.25, 0.3) is 0 Å². The van der Waals surface area contributed by atoms with Gasteiger partial charge in [0.25, 0.3) is 0 Å². The monoisotopic (exact) mass is 904 g/mol. The molecule has 0 bridgehead atoms. The van der Waals surface area contributed by atoms with Crippen molar-refractivity contribution in [2.45, 2.75) is 10.5 Å². The van der Waals surface area contributed by atoms with Crippen LogP contribution in [0.4, 0.5) is 45.5 Å². The van der Waals surface area contributed by atoms with Gasteiger partial charge in [0.15, 0.2) is 0 Å². The molecule has 6 nitrogen and oxygen atoms in total. The Hall–Kier alpha value is -6.65. The number of nitrogens with zero attached hydrogens (tertiary/aromatic N) is 6. The van der Waals surface area contributed by atoms with Crippen molar-refractivity contribution in [2.24, 2.45) is 10.2 Å². The smallest absolute Gasteiger partial charge is 0.0594 e. The summed E-state index contributed by atoms with van der Waals surface area (Å²) in [6, 6.07) is 79.4. The number of thioether (sulfide) groups is 1. The maximum atomic E-state index is 5.07. The summed E-state index contributed by atoms with van der Waals surface area (Å²) in [6.07, 6.45) is 3.86. The molecule has 0 aliphatic heterocycles. The highest BCUT2D eigenvalue weighted by Crippen LogP contribution is 2.35. The first-order chi connectivity index (χ1) is 32.1. The normalized spacial score (nSPS) is 12.2. The molecule has 8 rings (SSSR count). The van der Waals surface area contributed by atoms with E-state index < -0.39 is 0 Å². The Kier molecular flexibility index (Phi) is 16.1. The van der Waals surface area contributed by atoms with E-state index in [0.29, 0.717) is 13.1 Å². The van der Waals surface area contributed by atoms with Crippen molar-refractivity contribution in [1.29, 1.82) is 0 Å². The van der Waals surface area contributed by atoms with Crippen LogP contribution in [-0.2, 0) is 0 Å². The molecule has 0 N–H and O–H groups in total. The largest absolute Gasteiger partial charge is 0.311 e. The summed E-state index contributed by atoms with van der Waals surface area (Å²) >= 11 is 12.0. The molecule has 65 heavy (non-hydrogen) atoms. The lowest BCUT2D eigenvalue weighted by Gasteiger charge is -2.25. The summed E-state index contributed by atoms with van der Waals surface area (Å²) in [5.74, 6) is 1.68. The maximum absolute atomic E-state index is 5.07. The van der Waals surface area contributed by atoms with E-state index in [2.05, 4.69) is 180 Å². The van der Waals surface area contributed by atoms with Crippen LogP contribution in [0.2, 0.25) is 0 Å². The summed E-state index contributed by atoms with van der Waals surface area (Å²) in [6.45, 7) is 1.30. The Morgan fingerprint density at radius 2 is 0.585 bits per heavy atom. The Morgan fingerprint density at radius 1 is 0.338 bits per heavy atom.